The predicted octanol–water partition coefficient (Wildman–Crippen LogP) is 0.959. The van der Waals surface area contributed by atoms with Gasteiger partial charge in [-0.2, -0.15) is 0 Å². The standard InChI is InChI=1S/C30H48N12O/c1-35-15-27(31-23-35)19-41(20-28-16-36(2)24-32-28)9-7-39-5-6-40(12-14-43-13-11-39)8-10-42(21-29-17-37(3)25-33-29)22-30-18-38(4)26-34-30/h15-18,23-26H,5-14,19-22H2,1-4H3. The number of hydrogen-bond acceptors (Lipinski definition) is 9. The Kier molecular flexibility index (Phi) is 11.1. The summed E-state index contributed by atoms with van der Waals surface area (Å²) in [4.78, 5) is 28.3. The van der Waals surface area contributed by atoms with E-state index in [1.54, 1.807) is 0 Å². The van der Waals surface area contributed by atoms with E-state index in [2.05, 4.69) is 64.3 Å². The minimum absolute atomic E-state index is 0.764. The second kappa shape index (κ2) is 15.4. The Labute approximate surface area is 255 Å². The molecule has 0 saturated carbocycles. The Bertz CT molecular complexity index is 1190. The molecule has 1 saturated heterocycles. The number of imidazole rings is 4. The molecule has 4 aromatic rings. The van der Waals surface area contributed by atoms with Gasteiger partial charge in [0.15, 0.2) is 0 Å². The van der Waals surface area contributed by atoms with Gasteiger partial charge in [0.25, 0.3) is 0 Å². The lowest BCUT2D eigenvalue weighted by Crippen LogP contribution is -2.42. The first-order valence-corrected chi connectivity index (χ1v) is 15.2. The van der Waals surface area contributed by atoms with Crippen LogP contribution in [0.1, 0.15) is 22.8 Å². The average Bonchev–Trinajstić information content (AvgIpc) is 3.78. The highest BCUT2D eigenvalue weighted by molar-refractivity contribution is 5.01. The fraction of sp³-hybridized carbons (Fsp3) is 0.600. The van der Waals surface area contributed by atoms with Crippen molar-refractivity contribution in [2.24, 2.45) is 28.2 Å². The highest BCUT2D eigenvalue weighted by Crippen LogP contribution is 2.10. The maximum absolute atomic E-state index is 6.06. The molecule has 13 heteroatoms. The lowest BCUT2D eigenvalue weighted by molar-refractivity contribution is 0.0992. The number of aryl methyl sites for hydroxylation is 4. The van der Waals surface area contributed by atoms with E-state index in [1.807, 2.05) is 71.8 Å². The van der Waals surface area contributed by atoms with Crippen molar-refractivity contribution in [1.29, 1.82) is 0 Å². The first-order chi connectivity index (χ1) is 20.9. The van der Waals surface area contributed by atoms with Crippen molar-refractivity contribution >= 4 is 0 Å². The quantitative estimate of drug-likeness (QED) is 0.212. The van der Waals surface area contributed by atoms with Crippen LogP contribution in [0, 0.1) is 0 Å². The highest BCUT2D eigenvalue weighted by Gasteiger charge is 2.18. The van der Waals surface area contributed by atoms with Crippen LogP contribution in [0.4, 0.5) is 0 Å². The molecule has 234 valence electrons. The fourth-order valence-electron chi connectivity index (χ4n) is 5.55. The molecule has 0 bridgehead atoms. The van der Waals surface area contributed by atoms with Crippen molar-refractivity contribution in [2.75, 3.05) is 65.6 Å². The van der Waals surface area contributed by atoms with Gasteiger partial charge in [0, 0.05) is 132 Å². The summed E-state index contributed by atoms with van der Waals surface area (Å²) in [5, 5.41) is 0. The highest BCUT2D eigenvalue weighted by atomic mass is 16.5. The second-order valence-corrected chi connectivity index (χ2v) is 11.8. The van der Waals surface area contributed by atoms with E-state index >= 15 is 0 Å². The van der Waals surface area contributed by atoms with Gasteiger partial charge in [0.1, 0.15) is 0 Å². The summed E-state index contributed by atoms with van der Waals surface area (Å²) in [5.74, 6) is 0. The summed E-state index contributed by atoms with van der Waals surface area (Å²) < 4.78 is 14.1. The molecule has 0 spiro atoms. The Morgan fingerprint density at radius 2 is 0.860 bits per heavy atom. The number of ether oxygens (including phenoxy) is 1. The molecular formula is C30H48N12O. The van der Waals surface area contributed by atoms with Crippen molar-refractivity contribution < 1.29 is 4.74 Å². The van der Waals surface area contributed by atoms with Gasteiger partial charge in [-0.15, -0.1) is 0 Å². The van der Waals surface area contributed by atoms with E-state index in [0.717, 1.165) is 115 Å². The maximum atomic E-state index is 6.06. The summed E-state index contributed by atoms with van der Waals surface area (Å²) in [6.45, 7) is 12.5. The third-order valence-corrected chi connectivity index (χ3v) is 7.88. The Hall–Kier alpha value is -3.36. The predicted molar refractivity (Wildman–Crippen MR) is 165 cm³/mol. The Morgan fingerprint density at radius 3 is 1.14 bits per heavy atom. The lowest BCUT2D eigenvalue weighted by atomic mass is 10.3. The third-order valence-electron chi connectivity index (χ3n) is 7.88. The van der Waals surface area contributed by atoms with Gasteiger partial charge in [0.05, 0.1) is 61.3 Å². The number of nitrogens with zero attached hydrogens (tertiary/aromatic N) is 12. The van der Waals surface area contributed by atoms with Crippen molar-refractivity contribution in [3.63, 3.8) is 0 Å². The zero-order valence-electron chi connectivity index (χ0n) is 26.3. The zero-order valence-corrected chi connectivity index (χ0v) is 26.3. The molecule has 1 aliphatic heterocycles. The molecule has 0 unspecified atom stereocenters. The normalized spacial score (nSPS) is 15.8. The first kappa shape index (κ1) is 31.1. The molecule has 1 fully saturated rings. The molecule has 0 aromatic carbocycles. The minimum Gasteiger partial charge on any atom is -0.379 e. The van der Waals surface area contributed by atoms with Gasteiger partial charge in [-0.05, 0) is 0 Å². The van der Waals surface area contributed by atoms with Gasteiger partial charge in [-0.25, -0.2) is 19.9 Å². The molecule has 5 heterocycles. The van der Waals surface area contributed by atoms with Gasteiger partial charge in [0.2, 0.25) is 0 Å². The molecular weight excluding hydrogens is 544 g/mol. The second-order valence-electron chi connectivity index (χ2n) is 11.8. The van der Waals surface area contributed by atoms with E-state index < -0.39 is 0 Å². The van der Waals surface area contributed by atoms with E-state index in [4.69, 9.17) is 4.74 Å². The van der Waals surface area contributed by atoms with E-state index in [9.17, 15) is 0 Å². The topological polar surface area (TPSA) is 93.5 Å². The van der Waals surface area contributed by atoms with E-state index in [0.29, 0.717) is 0 Å². The molecule has 1 aliphatic rings. The maximum Gasteiger partial charge on any atom is 0.0947 e. The molecule has 43 heavy (non-hydrogen) atoms. The van der Waals surface area contributed by atoms with E-state index in [1.165, 1.54) is 0 Å². The van der Waals surface area contributed by atoms with Crippen molar-refractivity contribution in [3.05, 3.63) is 72.9 Å². The van der Waals surface area contributed by atoms with Gasteiger partial charge in [-0.3, -0.25) is 19.6 Å². The van der Waals surface area contributed by atoms with Crippen LogP contribution in [0.2, 0.25) is 0 Å². The SMILES string of the molecule is Cn1cnc(CN(CCN2CCOCCN(CCN(Cc3cn(C)cn3)Cc3cn(C)cn3)CC2)Cc2cn(C)cn2)c1. The lowest BCUT2D eigenvalue weighted by Gasteiger charge is -2.29. The Morgan fingerprint density at radius 1 is 0.535 bits per heavy atom. The Balaban J connectivity index is 1.16. The third kappa shape index (κ3) is 10.1. The summed E-state index contributed by atoms with van der Waals surface area (Å²) in [6, 6.07) is 0. The van der Waals surface area contributed by atoms with Gasteiger partial charge < -0.3 is 23.0 Å². The van der Waals surface area contributed by atoms with Crippen LogP contribution in [0.5, 0.6) is 0 Å². The summed E-state index contributed by atoms with van der Waals surface area (Å²) in [5.41, 5.74) is 4.33. The zero-order chi connectivity index (χ0) is 30.0. The van der Waals surface area contributed by atoms with Crippen LogP contribution >= 0.6 is 0 Å². The van der Waals surface area contributed by atoms with E-state index in [-0.39, 0.29) is 0 Å². The molecule has 5 rings (SSSR count). The van der Waals surface area contributed by atoms with Gasteiger partial charge >= 0.3 is 0 Å². The fourth-order valence-corrected chi connectivity index (χ4v) is 5.55. The minimum atomic E-state index is 0.764. The summed E-state index contributed by atoms with van der Waals surface area (Å²) in [6.07, 6.45) is 15.9. The molecule has 4 aromatic heterocycles. The van der Waals surface area contributed by atoms with Crippen LogP contribution in [-0.4, -0.2) is 123 Å². The van der Waals surface area contributed by atoms with Crippen LogP contribution in [-0.2, 0) is 59.1 Å². The summed E-state index contributed by atoms with van der Waals surface area (Å²) in [7, 11) is 8.07. The van der Waals surface area contributed by atoms with Crippen LogP contribution < -0.4 is 0 Å². The van der Waals surface area contributed by atoms with Crippen LogP contribution in [0.3, 0.4) is 0 Å². The van der Waals surface area contributed by atoms with Crippen molar-refractivity contribution in [1.82, 2.24) is 57.8 Å². The smallest absolute Gasteiger partial charge is 0.0947 e. The number of hydrogen-bond donors (Lipinski definition) is 0. The molecule has 0 radical (unpaired) electrons. The summed E-state index contributed by atoms with van der Waals surface area (Å²) >= 11 is 0. The largest absolute Gasteiger partial charge is 0.379 e. The monoisotopic (exact) mass is 592 g/mol. The van der Waals surface area contributed by atoms with Crippen molar-refractivity contribution in [2.45, 2.75) is 26.2 Å². The van der Waals surface area contributed by atoms with Gasteiger partial charge in [-0.1, -0.05) is 0 Å². The molecule has 0 N–H and O–H groups in total. The molecule has 0 amide bonds. The van der Waals surface area contributed by atoms with Crippen LogP contribution in [0.25, 0.3) is 0 Å². The first-order valence-electron chi connectivity index (χ1n) is 15.2. The van der Waals surface area contributed by atoms with Crippen LogP contribution in [0.15, 0.2) is 50.1 Å². The number of aromatic nitrogens is 8. The van der Waals surface area contributed by atoms with Crippen molar-refractivity contribution in [3.8, 4) is 0 Å². The molecule has 0 aliphatic carbocycles. The molecule has 0 atom stereocenters. The number of rotatable bonds is 14. The molecule has 13 nitrogen and oxygen atoms in total. The average molecular weight is 593 g/mol.